The van der Waals surface area contributed by atoms with Gasteiger partial charge in [-0.05, 0) is 37.5 Å². The normalized spacial score (nSPS) is 11.9. The number of hydrogen-bond acceptors (Lipinski definition) is 4. The highest BCUT2D eigenvalue weighted by Gasteiger charge is 2.21. The second kappa shape index (κ2) is 7.49. The Labute approximate surface area is 117 Å². The molecule has 6 heteroatoms. The number of benzene rings is 1. The summed E-state index contributed by atoms with van der Waals surface area (Å²) in [5, 5.41) is 11.6. The van der Waals surface area contributed by atoms with Gasteiger partial charge in [-0.15, -0.1) is 0 Å². The Bertz CT molecular complexity index is 488. The Kier molecular flexibility index (Phi) is 5.99. The van der Waals surface area contributed by atoms with Crippen LogP contribution in [0.3, 0.4) is 0 Å². The van der Waals surface area contributed by atoms with Gasteiger partial charge in [-0.3, -0.25) is 4.79 Å². The number of nitrogen functional groups attached to an aromatic ring is 1. The maximum absolute atomic E-state index is 12.1. The lowest BCUT2D eigenvalue weighted by Gasteiger charge is -2.15. The van der Waals surface area contributed by atoms with Gasteiger partial charge in [0, 0.05) is 25.0 Å². The van der Waals surface area contributed by atoms with E-state index in [2.05, 4.69) is 5.32 Å². The number of anilines is 1. The van der Waals surface area contributed by atoms with Crippen LogP contribution >= 0.6 is 0 Å². The van der Waals surface area contributed by atoms with Gasteiger partial charge < -0.3 is 20.9 Å². The van der Waals surface area contributed by atoms with Gasteiger partial charge in [-0.25, -0.2) is 4.79 Å². The highest BCUT2D eigenvalue weighted by atomic mass is 16.5. The van der Waals surface area contributed by atoms with Crippen molar-refractivity contribution in [2.45, 2.75) is 25.8 Å². The van der Waals surface area contributed by atoms with Crippen LogP contribution in [-0.2, 0) is 9.53 Å². The molecule has 1 atom stereocenters. The second-order valence-corrected chi connectivity index (χ2v) is 4.52. The molecule has 20 heavy (non-hydrogen) atoms. The van der Waals surface area contributed by atoms with Gasteiger partial charge in [0.15, 0.2) is 0 Å². The van der Waals surface area contributed by atoms with Crippen molar-refractivity contribution >= 4 is 17.6 Å². The lowest BCUT2D eigenvalue weighted by atomic mass is 10.1. The second-order valence-electron chi connectivity index (χ2n) is 4.52. The van der Waals surface area contributed by atoms with E-state index in [0.29, 0.717) is 36.3 Å². The van der Waals surface area contributed by atoms with E-state index in [1.165, 1.54) is 0 Å². The smallest absolute Gasteiger partial charge is 0.326 e. The average Bonchev–Trinajstić information content (AvgIpc) is 2.40. The molecule has 1 amide bonds. The first-order chi connectivity index (χ1) is 9.47. The number of nitrogens with two attached hydrogens (primary N) is 1. The molecule has 6 nitrogen and oxygen atoms in total. The van der Waals surface area contributed by atoms with E-state index >= 15 is 0 Å². The van der Waals surface area contributed by atoms with Crippen molar-refractivity contribution in [3.05, 3.63) is 29.3 Å². The molecule has 1 rings (SSSR count). The molecule has 4 N–H and O–H groups in total. The number of amides is 1. The molecule has 0 fully saturated rings. The molecule has 110 valence electrons. The first kappa shape index (κ1) is 16.0. The molecule has 0 bridgehead atoms. The SMILES string of the molecule is COCCCC(NC(=O)c1cccc(N)c1C)C(=O)O. The summed E-state index contributed by atoms with van der Waals surface area (Å²) < 4.78 is 4.87. The number of hydrogen-bond donors (Lipinski definition) is 3. The van der Waals surface area contributed by atoms with Gasteiger partial charge >= 0.3 is 5.97 Å². The zero-order chi connectivity index (χ0) is 15.1. The van der Waals surface area contributed by atoms with E-state index in [-0.39, 0.29) is 0 Å². The third kappa shape index (κ3) is 4.24. The number of carbonyl (C=O) groups is 2. The summed E-state index contributed by atoms with van der Waals surface area (Å²) in [6, 6.07) is 4.05. The van der Waals surface area contributed by atoms with E-state index in [0.717, 1.165) is 0 Å². The van der Waals surface area contributed by atoms with E-state index in [4.69, 9.17) is 15.6 Å². The summed E-state index contributed by atoms with van der Waals surface area (Å²) >= 11 is 0. The summed E-state index contributed by atoms with van der Waals surface area (Å²) in [5.41, 5.74) is 7.27. The molecular weight excluding hydrogens is 260 g/mol. The van der Waals surface area contributed by atoms with Crippen LogP contribution in [-0.4, -0.2) is 36.7 Å². The number of carboxylic acids is 1. The summed E-state index contributed by atoms with van der Waals surface area (Å²) in [6.07, 6.45) is 0.875. The standard InChI is InChI=1S/C14H20N2O4/c1-9-10(5-3-6-11(9)15)13(17)16-12(14(18)19)7-4-8-20-2/h3,5-6,12H,4,7-8,15H2,1-2H3,(H,16,17)(H,18,19). The van der Waals surface area contributed by atoms with Crippen LogP contribution in [0.1, 0.15) is 28.8 Å². The van der Waals surface area contributed by atoms with Crippen molar-refractivity contribution < 1.29 is 19.4 Å². The fourth-order valence-corrected chi connectivity index (χ4v) is 1.82. The quantitative estimate of drug-likeness (QED) is 0.514. The summed E-state index contributed by atoms with van der Waals surface area (Å²) in [6.45, 7) is 2.18. The third-order valence-electron chi connectivity index (χ3n) is 3.07. The fraction of sp³-hybridized carbons (Fsp3) is 0.429. The zero-order valence-electron chi connectivity index (χ0n) is 11.7. The number of rotatable bonds is 7. The van der Waals surface area contributed by atoms with Crippen LogP contribution in [0.4, 0.5) is 5.69 Å². The minimum absolute atomic E-state index is 0.316. The highest BCUT2D eigenvalue weighted by Crippen LogP contribution is 2.15. The van der Waals surface area contributed by atoms with Crippen molar-refractivity contribution in [1.29, 1.82) is 0 Å². The van der Waals surface area contributed by atoms with E-state index in [1.54, 1.807) is 32.2 Å². The summed E-state index contributed by atoms with van der Waals surface area (Å²) in [5.74, 6) is -1.49. The molecular formula is C14H20N2O4. The molecule has 1 aromatic rings. The van der Waals surface area contributed by atoms with Gasteiger partial charge in [-0.2, -0.15) is 0 Å². The largest absolute Gasteiger partial charge is 0.480 e. The fourth-order valence-electron chi connectivity index (χ4n) is 1.82. The van der Waals surface area contributed by atoms with E-state index in [9.17, 15) is 9.59 Å². The monoisotopic (exact) mass is 280 g/mol. The number of ether oxygens (including phenoxy) is 1. The lowest BCUT2D eigenvalue weighted by molar-refractivity contribution is -0.139. The van der Waals surface area contributed by atoms with Gasteiger partial charge in [0.2, 0.25) is 0 Å². The Morgan fingerprint density at radius 1 is 1.45 bits per heavy atom. The van der Waals surface area contributed by atoms with Crippen molar-refractivity contribution in [1.82, 2.24) is 5.32 Å². The van der Waals surface area contributed by atoms with Crippen LogP contribution in [0, 0.1) is 6.92 Å². The maximum atomic E-state index is 12.1. The molecule has 0 aliphatic rings. The van der Waals surface area contributed by atoms with Crippen LogP contribution in [0.15, 0.2) is 18.2 Å². The predicted molar refractivity (Wildman–Crippen MR) is 75.6 cm³/mol. The Morgan fingerprint density at radius 3 is 2.75 bits per heavy atom. The van der Waals surface area contributed by atoms with E-state index in [1.807, 2.05) is 0 Å². The van der Waals surface area contributed by atoms with Crippen molar-refractivity contribution in [3.8, 4) is 0 Å². The zero-order valence-corrected chi connectivity index (χ0v) is 11.7. The van der Waals surface area contributed by atoms with Gasteiger partial charge in [0.1, 0.15) is 6.04 Å². The molecule has 0 spiro atoms. The molecule has 0 saturated heterocycles. The number of nitrogens with one attached hydrogen (secondary N) is 1. The predicted octanol–water partition coefficient (Wildman–Crippen LogP) is 1.19. The number of aliphatic carboxylic acids is 1. The Balaban J connectivity index is 2.75. The molecule has 0 aliphatic carbocycles. The summed E-state index contributed by atoms with van der Waals surface area (Å²) in [7, 11) is 1.55. The minimum Gasteiger partial charge on any atom is -0.480 e. The minimum atomic E-state index is -1.06. The first-order valence-corrected chi connectivity index (χ1v) is 6.35. The molecule has 0 aliphatic heterocycles. The van der Waals surface area contributed by atoms with Crippen molar-refractivity contribution in [3.63, 3.8) is 0 Å². The highest BCUT2D eigenvalue weighted by molar-refractivity contribution is 5.98. The molecule has 1 aromatic carbocycles. The topological polar surface area (TPSA) is 102 Å². The molecule has 0 heterocycles. The van der Waals surface area contributed by atoms with Gasteiger partial charge in [0.05, 0.1) is 0 Å². The Hall–Kier alpha value is -2.08. The lowest BCUT2D eigenvalue weighted by Crippen LogP contribution is -2.41. The molecule has 0 radical (unpaired) electrons. The van der Waals surface area contributed by atoms with E-state index < -0.39 is 17.9 Å². The van der Waals surface area contributed by atoms with Crippen LogP contribution < -0.4 is 11.1 Å². The van der Waals surface area contributed by atoms with Gasteiger partial charge in [0.25, 0.3) is 5.91 Å². The van der Waals surface area contributed by atoms with Crippen LogP contribution in [0.5, 0.6) is 0 Å². The Morgan fingerprint density at radius 2 is 2.15 bits per heavy atom. The van der Waals surface area contributed by atoms with Crippen molar-refractivity contribution in [2.75, 3.05) is 19.5 Å². The van der Waals surface area contributed by atoms with Crippen LogP contribution in [0.25, 0.3) is 0 Å². The molecule has 0 saturated carbocycles. The summed E-state index contributed by atoms with van der Waals surface area (Å²) in [4.78, 5) is 23.2. The number of carbonyl (C=O) groups excluding carboxylic acids is 1. The maximum Gasteiger partial charge on any atom is 0.326 e. The van der Waals surface area contributed by atoms with Crippen LogP contribution in [0.2, 0.25) is 0 Å². The van der Waals surface area contributed by atoms with Crippen molar-refractivity contribution in [2.24, 2.45) is 0 Å². The average molecular weight is 280 g/mol. The molecule has 1 unspecified atom stereocenters. The number of carboxylic acid groups (broad SMARTS) is 1. The molecule has 0 aromatic heterocycles. The third-order valence-corrected chi connectivity index (χ3v) is 3.07. The van der Waals surface area contributed by atoms with Gasteiger partial charge in [-0.1, -0.05) is 6.07 Å². The first-order valence-electron chi connectivity index (χ1n) is 6.35. The number of methoxy groups -OCH3 is 1.